The number of hydrogen-bond donors (Lipinski definition) is 0. The van der Waals surface area contributed by atoms with Gasteiger partial charge in [-0.1, -0.05) is 39.7 Å². The molecule has 0 spiro atoms. The van der Waals surface area contributed by atoms with E-state index in [9.17, 15) is 14.4 Å². The largest absolute Gasteiger partial charge is 0.424 e. The van der Waals surface area contributed by atoms with E-state index in [1.807, 2.05) is 0 Å². The third-order valence-electron chi connectivity index (χ3n) is 5.15. The number of para-hydroxylation sites is 1. The van der Waals surface area contributed by atoms with Gasteiger partial charge in [0.15, 0.2) is 0 Å². The van der Waals surface area contributed by atoms with Gasteiger partial charge in [-0.25, -0.2) is 4.79 Å². The summed E-state index contributed by atoms with van der Waals surface area (Å²) in [6.07, 6.45) is 0.750. The number of carbonyl (C=O) groups excluding carboxylic acids is 3. The lowest BCUT2D eigenvalue weighted by molar-refractivity contribution is -0.136. The van der Waals surface area contributed by atoms with Crippen LogP contribution in [-0.4, -0.2) is 34.9 Å². The fraction of sp³-hybridized carbons (Fsp3) is 0.250. The van der Waals surface area contributed by atoms with Gasteiger partial charge in [-0.15, -0.1) is 0 Å². The van der Waals surface area contributed by atoms with Gasteiger partial charge in [0.05, 0.1) is 16.3 Å². The second kappa shape index (κ2) is 6.90. The molecule has 0 aromatic heterocycles. The second-order valence-electron chi connectivity index (χ2n) is 6.90. The Bertz CT molecular complexity index is 1010. The van der Waals surface area contributed by atoms with Crippen LogP contribution in [0.15, 0.2) is 46.9 Å². The fourth-order valence-electron chi connectivity index (χ4n) is 3.78. The predicted octanol–water partition coefficient (Wildman–Crippen LogP) is 4.01. The Balaban J connectivity index is 1.64. The molecule has 2 heterocycles. The summed E-state index contributed by atoms with van der Waals surface area (Å²) >= 11 is 9.40. The van der Waals surface area contributed by atoms with Gasteiger partial charge in [-0.3, -0.25) is 14.5 Å². The normalized spacial score (nSPS) is 20.8. The van der Waals surface area contributed by atoms with E-state index in [1.165, 1.54) is 4.90 Å². The molecule has 0 aliphatic carbocycles. The molecule has 1 saturated heterocycles. The maximum absolute atomic E-state index is 13.1. The Kier molecular flexibility index (Phi) is 4.67. The van der Waals surface area contributed by atoms with E-state index < -0.39 is 11.6 Å². The van der Waals surface area contributed by atoms with Crippen LogP contribution in [-0.2, 0) is 9.59 Å². The van der Waals surface area contributed by atoms with Crippen LogP contribution in [0.4, 0.5) is 5.69 Å². The number of fused-ring (bicyclic) bond motifs is 3. The molecule has 1 unspecified atom stereocenters. The van der Waals surface area contributed by atoms with Crippen molar-refractivity contribution in [2.24, 2.45) is 0 Å². The van der Waals surface area contributed by atoms with Gasteiger partial charge in [-0.05, 0) is 43.7 Å². The number of hydrogen-bond acceptors (Lipinski definition) is 4. The molecule has 2 aromatic carbocycles. The number of benzene rings is 2. The van der Waals surface area contributed by atoms with Crippen molar-refractivity contribution < 1.29 is 19.1 Å². The van der Waals surface area contributed by atoms with Crippen LogP contribution in [0.5, 0.6) is 5.75 Å². The second-order valence-corrected chi connectivity index (χ2v) is 8.23. The zero-order chi connectivity index (χ0) is 20.1. The van der Waals surface area contributed by atoms with Crippen molar-refractivity contribution in [2.45, 2.75) is 25.4 Å². The molecule has 0 N–H and O–H groups in total. The van der Waals surface area contributed by atoms with Crippen molar-refractivity contribution >= 4 is 51.0 Å². The average molecular weight is 464 g/mol. The van der Waals surface area contributed by atoms with E-state index in [2.05, 4.69) is 15.9 Å². The molecular weight excluding hydrogens is 448 g/mol. The third kappa shape index (κ3) is 2.99. The minimum atomic E-state index is -0.912. The standard InChI is InChI=1S/C20H16BrClN2O4/c1-20-9-8-17(25)24(20)15-5-3-2-4-13(15)19(27)23(20)11-18(26)28-16-7-6-12(21)10-14(16)22/h2-7,10H,8-9,11H2,1H3. The first-order valence-corrected chi connectivity index (χ1v) is 9.88. The molecule has 0 radical (unpaired) electrons. The molecule has 6 nitrogen and oxygen atoms in total. The summed E-state index contributed by atoms with van der Waals surface area (Å²) in [5, 5.41) is 0.280. The van der Waals surface area contributed by atoms with Gasteiger partial charge in [0.25, 0.3) is 5.91 Å². The summed E-state index contributed by atoms with van der Waals surface area (Å²) < 4.78 is 6.13. The van der Waals surface area contributed by atoms with Crippen molar-refractivity contribution in [3.8, 4) is 5.75 Å². The molecule has 0 saturated carbocycles. The number of amides is 2. The Hall–Kier alpha value is -2.38. The summed E-state index contributed by atoms with van der Waals surface area (Å²) in [5.74, 6) is -0.790. The number of esters is 1. The van der Waals surface area contributed by atoms with E-state index >= 15 is 0 Å². The van der Waals surface area contributed by atoms with Crippen molar-refractivity contribution in [2.75, 3.05) is 11.4 Å². The Labute approximate surface area is 175 Å². The Morgan fingerprint density at radius 1 is 1.25 bits per heavy atom. The SMILES string of the molecule is CC12CCC(=O)N1c1ccccc1C(=O)N2CC(=O)Oc1ccc(Br)cc1Cl. The molecule has 0 bridgehead atoms. The number of carbonyl (C=O) groups is 3. The van der Waals surface area contributed by atoms with Gasteiger partial charge in [0.1, 0.15) is 18.0 Å². The van der Waals surface area contributed by atoms with E-state index in [0.717, 1.165) is 4.47 Å². The molecule has 2 aromatic rings. The third-order valence-corrected chi connectivity index (χ3v) is 5.94. The summed E-state index contributed by atoms with van der Waals surface area (Å²) in [4.78, 5) is 41.3. The quantitative estimate of drug-likeness (QED) is 0.510. The highest BCUT2D eigenvalue weighted by Gasteiger charge is 2.53. The summed E-state index contributed by atoms with van der Waals surface area (Å²) in [7, 11) is 0. The number of rotatable bonds is 3. The van der Waals surface area contributed by atoms with Gasteiger partial charge in [0, 0.05) is 10.9 Å². The molecule has 2 aliphatic rings. The molecule has 2 amide bonds. The van der Waals surface area contributed by atoms with Gasteiger partial charge in [0.2, 0.25) is 5.91 Å². The number of halogens is 2. The molecule has 1 atom stereocenters. The summed E-state index contributed by atoms with van der Waals surface area (Å²) in [6, 6.07) is 11.8. The predicted molar refractivity (Wildman–Crippen MR) is 107 cm³/mol. The monoisotopic (exact) mass is 462 g/mol. The first-order valence-electron chi connectivity index (χ1n) is 8.71. The minimum Gasteiger partial charge on any atom is -0.424 e. The topological polar surface area (TPSA) is 66.9 Å². The minimum absolute atomic E-state index is 0.0724. The van der Waals surface area contributed by atoms with Crippen molar-refractivity contribution in [1.82, 2.24) is 4.90 Å². The smallest absolute Gasteiger partial charge is 0.331 e. The van der Waals surface area contributed by atoms with E-state index in [0.29, 0.717) is 24.1 Å². The summed E-state index contributed by atoms with van der Waals surface area (Å²) in [5.41, 5.74) is 0.0631. The van der Waals surface area contributed by atoms with Gasteiger partial charge in [-0.2, -0.15) is 0 Å². The molecule has 144 valence electrons. The highest BCUT2D eigenvalue weighted by atomic mass is 79.9. The van der Waals surface area contributed by atoms with Crippen molar-refractivity contribution in [3.63, 3.8) is 0 Å². The molecule has 28 heavy (non-hydrogen) atoms. The average Bonchev–Trinajstić information content (AvgIpc) is 2.97. The molecule has 1 fully saturated rings. The van der Waals surface area contributed by atoms with Crippen LogP contribution in [0, 0.1) is 0 Å². The molecular formula is C20H16BrClN2O4. The number of ether oxygens (including phenoxy) is 1. The first-order chi connectivity index (χ1) is 13.3. The summed E-state index contributed by atoms with van der Waals surface area (Å²) in [6.45, 7) is 1.51. The molecule has 8 heteroatoms. The molecule has 4 rings (SSSR count). The van der Waals surface area contributed by atoms with Crippen LogP contribution in [0.1, 0.15) is 30.1 Å². The van der Waals surface area contributed by atoms with Crippen LogP contribution >= 0.6 is 27.5 Å². The number of anilines is 1. The van der Waals surface area contributed by atoms with Crippen LogP contribution < -0.4 is 9.64 Å². The number of nitrogens with zero attached hydrogens (tertiary/aromatic N) is 2. The van der Waals surface area contributed by atoms with Crippen molar-refractivity contribution in [3.05, 3.63) is 57.5 Å². The lowest BCUT2D eigenvalue weighted by Crippen LogP contribution is -2.63. The first kappa shape index (κ1) is 19.0. The van der Waals surface area contributed by atoms with Gasteiger partial charge < -0.3 is 9.64 Å². The highest BCUT2D eigenvalue weighted by Crippen LogP contribution is 2.43. The van der Waals surface area contributed by atoms with Gasteiger partial charge >= 0.3 is 5.97 Å². The Morgan fingerprint density at radius 3 is 2.75 bits per heavy atom. The zero-order valence-electron chi connectivity index (χ0n) is 14.9. The van der Waals surface area contributed by atoms with Crippen LogP contribution in [0.2, 0.25) is 5.02 Å². The van der Waals surface area contributed by atoms with E-state index in [1.54, 1.807) is 54.3 Å². The van der Waals surface area contributed by atoms with E-state index in [-0.39, 0.29) is 29.1 Å². The maximum atomic E-state index is 13.1. The zero-order valence-corrected chi connectivity index (χ0v) is 17.3. The Morgan fingerprint density at radius 2 is 2.00 bits per heavy atom. The fourth-order valence-corrected chi connectivity index (χ4v) is 4.50. The van der Waals surface area contributed by atoms with E-state index in [4.69, 9.17) is 16.3 Å². The highest BCUT2D eigenvalue weighted by molar-refractivity contribution is 9.10. The van der Waals surface area contributed by atoms with Crippen LogP contribution in [0.3, 0.4) is 0 Å². The lowest BCUT2D eigenvalue weighted by Gasteiger charge is -2.48. The maximum Gasteiger partial charge on any atom is 0.331 e. The van der Waals surface area contributed by atoms with Crippen LogP contribution in [0.25, 0.3) is 0 Å². The lowest BCUT2D eigenvalue weighted by atomic mass is 9.98. The van der Waals surface area contributed by atoms with Crippen molar-refractivity contribution in [1.29, 1.82) is 0 Å². The molecule has 2 aliphatic heterocycles.